The van der Waals surface area contributed by atoms with E-state index in [0.29, 0.717) is 36.6 Å². The van der Waals surface area contributed by atoms with Gasteiger partial charge in [0.1, 0.15) is 0 Å². The topological polar surface area (TPSA) is 89.4 Å². The van der Waals surface area contributed by atoms with Crippen molar-refractivity contribution < 1.29 is 14.3 Å². The van der Waals surface area contributed by atoms with Gasteiger partial charge in [0, 0.05) is 31.4 Å². The van der Waals surface area contributed by atoms with E-state index in [1.54, 1.807) is 29.2 Å². The lowest BCUT2D eigenvalue weighted by Crippen LogP contribution is -2.48. The summed E-state index contributed by atoms with van der Waals surface area (Å²) in [5, 5.41) is 7.21. The molecule has 4 rings (SSSR count). The highest BCUT2D eigenvalue weighted by atomic mass is 16.5. The molecule has 0 aliphatic carbocycles. The zero-order valence-corrected chi connectivity index (χ0v) is 18.5. The Hall–Kier alpha value is -3.52. The molecule has 0 bridgehead atoms. The minimum Gasteiger partial charge on any atom is -0.372 e. The van der Waals surface area contributed by atoms with E-state index in [2.05, 4.69) is 15.4 Å². The summed E-state index contributed by atoms with van der Waals surface area (Å²) in [5.41, 5.74) is 2.76. The summed E-state index contributed by atoms with van der Waals surface area (Å²) >= 11 is 0. The first-order chi connectivity index (χ1) is 15.4. The predicted molar refractivity (Wildman–Crippen MR) is 120 cm³/mol. The van der Waals surface area contributed by atoms with E-state index in [4.69, 9.17) is 4.74 Å². The Morgan fingerprint density at radius 1 is 1.09 bits per heavy atom. The molecule has 0 saturated carbocycles. The number of rotatable bonds is 5. The van der Waals surface area contributed by atoms with Crippen molar-refractivity contribution in [2.24, 2.45) is 0 Å². The molecule has 166 valence electrons. The van der Waals surface area contributed by atoms with Gasteiger partial charge in [-0.15, -0.1) is 0 Å². The van der Waals surface area contributed by atoms with E-state index >= 15 is 0 Å². The second-order valence-electron chi connectivity index (χ2n) is 8.09. The molecule has 2 amide bonds. The van der Waals surface area contributed by atoms with Crippen molar-refractivity contribution in [1.82, 2.24) is 25.0 Å². The van der Waals surface area contributed by atoms with Crippen molar-refractivity contribution in [1.29, 1.82) is 0 Å². The number of nitrogens with one attached hydrogen (secondary N) is 1. The maximum atomic E-state index is 12.8. The predicted octanol–water partition coefficient (Wildman–Crippen LogP) is 2.76. The standard InChI is InChI=1S/C24H27N5O3/c1-16-14-28(15-17(2)32-16)24(31)20-9-7-19(8-10-20)12-26-23(30)21-13-27-29(18(21)3)22-6-4-5-11-25-22/h4-11,13,16-17H,12,14-15H2,1-3H3,(H,26,30). The molecule has 1 fully saturated rings. The highest BCUT2D eigenvalue weighted by molar-refractivity contribution is 5.95. The minimum atomic E-state index is -0.207. The lowest BCUT2D eigenvalue weighted by Gasteiger charge is -2.35. The molecular weight excluding hydrogens is 406 g/mol. The third-order valence-electron chi connectivity index (χ3n) is 5.48. The third kappa shape index (κ3) is 4.70. The first kappa shape index (κ1) is 21.7. The molecule has 3 heterocycles. The first-order valence-electron chi connectivity index (χ1n) is 10.7. The fourth-order valence-corrected chi connectivity index (χ4v) is 3.91. The van der Waals surface area contributed by atoms with E-state index in [1.165, 1.54) is 0 Å². The molecule has 1 aliphatic heterocycles. The summed E-state index contributed by atoms with van der Waals surface area (Å²) in [7, 11) is 0. The molecule has 3 aromatic rings. The average Bonchev–Trinajstić information content (AvgIpc) is 3.18. The van der Waals surface area contributed by atoms with Gasteiger partial charge in [-0.1, -0.05) is 18.2 Å². The monoisotopic (exact) mass is 433 g/mol. The van der Waals surface area contributed by atoms with Crippen molar-refractivity contribution in [3.63, 3.8) is 0 Å². The molecule has 1 aliphatic rings. The molecule has 2 atom stereocenters. The van der Waals surface area contributed by atoms with Gasteiger partial charge in [0.25, 0.3) is 11.8 Å². The van der Waals surface area contributed by atoms with Crippen molar-refractivity contribution in [2.75, 3.05) is 13.1 Å². The van der Waals surface area contributed by atoms with Crippen LogP contribution in [0.15, 0.2) is 54.9 Å². The van der Waals surface area contributed by atoms with E-state index in [1.807, 2.05) is 56.0 Å². The number of amides is 2. The van der Waals surface area contributed by atoms with Gasteiger partial charge in [0.15, 0.2) is 5.82 Å². The molecule has 0 spiro atoms. The van der Waals surface area contributed by atoms with Crippen LogP contribution in [0, 0.1) is 6.92 Å². The number of hydrogen-bond donors (Lipinski definition) is 1. The maximum Gasteiger partial charge on any atom is 0.255 e. The van der Waals surface area contributed by atoms with Gasteiger partial charge in [-0.25, -0.2) is 9.67 Å². The molecule has 1 saturated heterocycles. The van der Waals surface area contributed by atoms with Crippen LogP contribution in [0.1, 0.15) is 45.8 Å². The molecule has 2 aromatic heterocycles. The van der Waals surface area contributed by atoms with Gasteiger partial charge in [0.2, 0.25) is 0 Å². The second kappa shape index (κ2) is 9.32. The molecule has 1 aromatic carbocycles. The smallest absolute Gasteiger partial charge is 0.255 e. The second-order valence-corrected chi connectivity index (χ2v) is 8.09. The van der Waals surface area contributed by atoms with Gasteiger partial charge in [-0.3, -0.25) is 9.59 Å². The number of carbonyl (C=O) groups excluding carboxylic acids is 2. The van der Waals surface area contributed by atoms with E-state index in [0.717, 1.165) is 11.3 Å². The van der Waals surface area contributed by atoms with Gasteiger partial charge in [-0.2, -0.15) is 5.10 Å². The summed E-state index contributed by atoms with van der Waals surface area (Å²) in [6.07, 6.45) is 3.29. The van der Waals surface area contributed by atoms with Crippen LogP contribution in [0.2, 0.25) is 0 Å². The molecule has 1 N–H and O–H groups in total. The van der Waals surface area contributed by atoms with Crippen LogP contribution >= 0.6 is 0 Å². The van der Waals surface area contributed by atoms with E-state index < -0.39 is 0 Å². The Morgan fingerprint density at radius 3 is 2.47 bits per heavy atom. The number of hydrogen-bond acceptors (Lipinski definition) is 5. The van der Waals surface area contributed by atoms with Gasteiger partial charge in [0.05, 0.1) is 29.7 Å². The Bertz CT molecular complexity index is 1080. The van der Waals surface area contributed by atoms with Gasteiger partial charge < -0.3 is 15.0 Å². The fraction of sp³-hybridized carbons (Fsp3) is 0.333. The zero-order chi connectivity index (χ0) is 22.7. The fourth-order valence-electron chi connectivity index (χ4n) is 3.91. The molecule has 2 unspecified atom stereocenters. The van der Waals surface area contributed by atoms with Crippen LogP contribution in [-0.4, -0.2) is 56.8 Å². The summed E-state index contributed by atoms with van der Waals surface area (Å²) in [6, 6.07) is 12.9. The quantitative estimate of drug-likeness (QED) is 0.668. The van der Waals surface area contributed by atoms with Crippen LogP contribution in [0.25, 0.3) is 5.82 Å². The third-order valence-corrected chi connectivity index (χ3v) is 5.48. The number of morpholine rings is 1. The number of carbonyl (C=O) groups is 2. The molecule has 0 radical (unpaired) electrons. The summed E-state index contributed by atoms with van der Waals surface area (Å²) in [5.74, 6) is 0.453. The summed E-state index contributed by atoms with van der Waals surface area (Å²) in [4.78, 5) is 31.6. The van der Waals surface area contributed by atoms with Gasteiger partial charge in [-0.05, 0) is 50.6 Å². The van der Waals surface area contributed by atoms with E-state index in [9.17, 15) is 9.59 Å². The Morgan fingerprint density at radius 2 is 1.81 bits per heavy atom. The molecule has 8 heteroatoms. The number of pyridine rings is 1. The van der Waals surface area contributed by atoms with Crippen molar-refractivity contribution >= 4 is 11.8 Å². The van der Waals surface area contributed by atoms with Gasteiger partial charge >= 0.3 is 0 Å². The SMILES string of the molecule is Cc1c(C(=O)NCc2ccc(C(=O)N3CC(C)OC(C)C3)cc2)cnn1-c1ccccn1. The highest BCUT2D eigenvalue weighted by Crippen LogP contribution is 2.16. The maximum absolute atomic E-state index is 12.8. The molecular formula is C24H27N5O3. The normalized spacial score (nSPS) is 18.4. The zero-order valence-electron chi connectivity index (χ0n) is 18.5. The number of benzene rings is 1. The minimum absolute atomic E-state index is 0.000135. The Kier molecular flexibility index (Phi) is 6.32. The number of nitrogens with zero attached hydrogens (tertiary/aromatic N) is 4. The van der Waals surface area contributed by atoms with Crippen molar-refractivity contribution in [3.8, 4) is 5.82 Å². The Balaban J connectivity index is 1.37. The van der Waals surface area contributed by atoms with Crippen LogP contribution in [0.4, 0.5) is 0 Å². The van der Waals surface area contributed by atoms with Crippen LogP contribution in [0.5, 0.6) is 0 Å². The first-order valence-corrected chi connectivity index (χ1v) is 10.7. The summed E-state index contributed by atoms with van der Waals surface area (Å²) < 4.78 is 7.35. The highest BCUT2D eigenvalue weighted by Gasteiger charge is 2.26. The number of ether oxygens (including phenoxy) is 1. The van der Waals surface area contributed by atoms with Crippen molar-refractivity contribution in [2.45, 2.75) is 39.5 Å². The van der Waals surface area contributed by atoms with E-state index in [-0.39, 0.29) is 24.0 Å². The molecule has 8 nitrogen and oxygen atoms in total. The average molecular weight is 434 g/mol. The molecule has 32 heavy (non-hydrogen) atoms. The van der Waals surface area contributed by atoms with Crippen LogP contribution in [0.3, 0.4) is 0 Å². The lowest BCUT2D eigenvalue weighted by molar-refractivity contribution is -0.0586. The largest absolute Gasteiger partial charge is 0.372 e. The Labute approximate surface area is 187 Å². The van der Waals surface area contributed by atoms with Crippen LogP contribution in [-0.2, 0) is 11.3 Å². The summed E-state index contributed by atoms with van der Waals surface area (Å²) in [6.45, 7) is 7.32. The lowest BCUT2D eigenvalue weighted by atomic mass is 10.1. The number of aromatic nitrogens is 3. The van der Waals surface area contributed by atoms with Crippen molar-refractivity contribution in [3.05, 3.63) is 77.2 Å². The van der Waals surface area contributed by atoms with Crippen LogP contribution < -0.4 is 5.32 Å².